The molecule has 0 aliphatic rings. The lowest BCUT2D eigenvalue weighted by atomic mass is 10.1. The van der Waals surface area contributed by atoms with Crippen molar-refractivity contribution >= 4 is 21.9 Å². The maximum atomic E-state index is 12.0. The number of halogens is 1. The second kappa shape index (κ2) is 6.97. The molecule has 0 bridgehead atoms. The van der Waals surface area contributed by atoms with Crippen LogP contribution in [0.3, 0.4) is 0 Å². The van der Waals surface area contributed by atoms with Crippen molar-refractivity contribution in [1.82, 2.24) is 0 Å². The Kier molecular flexibility index (Phi) is 5.24. The number of carbonyl (C=O) groups excluding carboxylic acids is 1. The third-order valence-electron chi connectivity index (χ3n) is 3.33. The summed E-state index contributed by atoms with van der Waals surface area (Å²) >= 11 is 3.42. The topological polar surface area (TPSA) is 35.5 Å². The summed E-state index contributed by atoms with van der Waals surface area (Å²) in [6.07, 6.45) is 0. The van der Waals surface area contributed by atoms with Gasteiger partial charge in [0, 0.05) is 4.47 Å². The Morgan fingerprint density at radius 3 is 2.27 bits per heavy atom. The van der Waals surface area contributed by atoms with Gasteiger partial charge in [0.05, 0.1) is 0 Å². The van der Waals surface area contributed by atoms with E-state index in [9.17, 15) is 4.79 Å². The summed E-state index contributed by atoms with van der Waals surface area (Å²) in [5.41, 5.74) is 3.90. The highest BCUT2D eigenvalue weighted by Crippen LogP contribution is 2.27. The van der Waals surface area contributed by atoms with Gasteiger partial charge in [-0.05, 0) is 68.1 Å². The highest BCUT2D eigenvalue weighted by Gasteiger charge is 2.12. The molecule has 0 radical (unpaired) electrons. The molecule has 2 aromatic rings. The molecule has 3 nitrogen and oxygen atoms in total. The van der Waals surface area contributed by atoms with Gasteiger partial charge in [-0.15, -0.1) is 0 Å². The third kappa shape index (κ3) is 4.10. The molecule has 0 heterocycles. The lowest BCUT2D eigenvalue weighted by Crippen LogP contribution is -2.19. The second-order valence-corrected chi connectivity index (χ2v) is 6.32. The van der Waals surface area contributed by atoms with Crippen molar-refractivity contribution in [2.75, 3.05) is 6.61 Å². The molecule has 0 aliphatic carbocycles. The number of aryl methyl sites for hydroxylation is 4. The molecular weight excluding hydrogens is 344 g/mol. The fourth-order valence-corrected chi connectivity index (χ4v) is 2.89. The average molecular weight is 363 g/mol. The van der Waals surface area contributed by atoms with E-state index in [4.69, 9.17) is 9.47 Å². The number of esters is 1. The van der Waals surface area contributed by atoms with E-state index >= 15 is 0 Å². The highest BCUT2D eigenvalue weighted by molar-refractivity contribution is 9.10. The van der Waals surface area contributed by atoms with Crippen molar-refractivity contribution in [2.24, 2.45) is 0 Å². The molecule has 116 valence electrons. The highest BCUT2D eigenvalue weighted by atomic mass is 79.9. The van der Waals surface area contributed by atoms with Crippen LogP contribution in [0, 0.1) is 27.7 Å². The molecule has 0 saturated carbocycles. The Morgan fingerprint density at radius 1 is 1.00 bits per heavy atom. The fraction of sp³-hybridized carbons (Fsp3) is 0.278. The Hall–Kier alpha value is -1.81. The van der Waals surface area contributed by atoms with Gasteiger partial charge in [0.1, 0.15) is 11.5 Å². The van der Waals surface area contributed by atoms with Gasteiger partial charge in [0.2, 0.25) is 0 Å². The van der Waals surface area contributed by atoms with Crippen LogP contribution in [0.25, 0.3) is 0 Å². The van der Waals surface area contributed by atoms with Crippen LogP contribution in [-0.2, 0) is 4.79 Å². The van der Waals surface area contributed by atoms with Crippen LogP contribution < -0.4 is 9.47 Å². The maximum absolute atomic E-state index is 12.0. The molecule has 0 fully saturated rings. The molecule has 2 aromatic carbocycles. The van der Waals surface area contributed by atoms with E-state index in [2.05, 4.69) is 15.9 Å². The summed E-state index contributed by atoms with van der Waals surface area (Å²) in [4.78, 5) is 12.0. The Bertz CT molecular complexity index is 684. The van der Waals surface area contributed by atoms with Gasteiger partial charge in [0.15, 0.2) is 6.61 Å². The lowest BCUT2D eigenvalue weighted by Gasteiger charge is -2.13. The van der Waals surface area contributed by atoms with E-state index < -0.39 is 5.97 Å². The molecule has 0 saturated heterocycles. The maximum Gasteiger partial charge on any atom is 0.349 e. The van der Waals surface area contributed by atoms with Gasteiger partial charge in [0.25, 0.3) is 0 Å². The quantitative estimate of drug-likeness (QED) is 0.585. The van der Waals surface area contributed by atoms with E-state index in [1.807, 2.05) is 58.0 Å². The SMILES string of the molecule is Cc1ccc(C)c(OCC(=O)Oc2c(C)cc(Br)cc2C)c1. The largest absolute Gasteiger partial charge is 0.482 e. The van der Waals surface area contributed by atoms with Crippen LogP contribution in [0.5, 0.6) is 11.5 Å². The summed E-state index contributed by atoms with van der Waals surface area (Å²) in [6.45, 7) is 7.64. The fourth-order valence-electron chi connectivity index (χ4n) is 2.20. The number of carbonyl (C=O) groups is 1. The van der Waals surface area contributed by atoms with Crippen LogP contribution in [0.2, 0.25) is 0 Å². The van der Waals surface area contributed by atoms with Crippen LogP contribution in [0.1, 0.15) is 22.3 Å². The van der Waals surface area contributed by atoms with Crippen LogP contribution in [0.4, 0.5) is 0 Å². The number of ether oxygens (including phenoxy) is 2. The molecule has 0 N–H and O–H groups in total. The first-order chi connectivity index (χ1) is 10.4. The molecule has 22 heavy (non-hydrogen) atoms. The predicted molar refractivity (Wildman–Crippen MR) is 90.7 cm³/mol. The molecule has 2 rings (SSSR count). The van der Waals surface area contributed by atoms with Gasteiger partial charge >= 0.3 is 5.97 Å². The third-order valence-corrected chi connectivity index (χ3v) is 3.79. The van der Waals surface area contributed by atoms with Gasteiger partial charge < -0.3 is 9.47 Å². The van der Waals surface area contributed by atoms with Gasteiger partial charge in [-0.1, -0.05) is 28.1 Å². The molecule has 0 spiro atoms. The van der Waals surface area contributed by atoms with E-state index in [1.165, 1.54) is 0 Å². The van der Waals surface area contributed by atoms with E-state index in [0.717, 1.165) is 26.7 Å². The smallest absolute Gasteiger partial charge is 0.349 e. The molecule has 0 aromatic heterocycles. The van der Waals surface area contributed by atoms with Crippen molar-refractivity contribution in [3.8, 4) is 11.5 Å². The summed E-state index contributed by atoms with van der Waals surface area (Å²) in [6, 6.07) is 9.73. The Balaban J connectivity index is 2.03. The molecule has 0 amide bonds. The average Bonchev–Trinajstić information content (AvgIpc) is 2.44. The van der Waals surface area contributed by atoms with Crippen molar-refractivity contribution in [1.29, 1.82) is 0 Å². The minimum Gasteiger partial charge on any atom is -0.482 e. The molecular formula is C18H19BrO3. The van der Waals surface area contributed by atoms with Crippen molar-refractivity contribution in [3.63, 3.8) is 0 Å². The summed E-state index contributed by atoms with van der Waals surface area (Å²) in [7, 11) is 0. The standard InChI is InChI=1S/C18H19BrO3/c1-11-5-6-12(2)16(7-11)21-10-17(20)22-18-13(3)8-15(19)9-14(18)4/h5-9H,10H2,1-4H3. The first-order valence-electron chi connectivity index (χ1n) is 7.04. The number of rotatable bonds is 4. The van der Waals surface area contributed by atoms with Gasteiger partial charge in [-0.2, -0.15) is 0 Å². The Labute approximate surface area is 139 Å². The minimum atomic E-state index is -0.408. The molecule has 0 aliphatic heterocycles. The zero-order valence-corrected chi connectivity index (χ0v) is 14.8. The normalized spacial score (nSPS) is 10.4. The van der Waals surface area contributed by atoms with Crippen LogP contribution in [-0.4, -0.2) is 12.6 Å². The summed E-state index contributed by atoms with van der Waals surface area (Å²) in [5.74, 6) is 0.897. The van der Waals surface area contributed by atoms with E-state index in [0.29, 0.717) is 11.5 Å². The molecule has 0 atom stereocenters. The van der Waals surface area contributed by atoms with Crippen molar-refractivity contribution in [3.05, 3.63) is 57.1 Å². The summed E-state index contributed by atoms with van der Waals surface area (Å²) in [5, 5.41) is 0. The van der Waals surface area contributed by atoms with E-state index in [1.54, 1.807) is 0 Å². The first kappa shape index (κ1) is 16.6. The first-order valence-corrected chi connectivity index (χ1v) is 7.83. The zero-order valence-electron chi connectivity index (χ0n) is 13.2. The second-order valence-electron chi connectivity index (χ2n) is 5.40. The van der Waals surface area contributed by atoms with Gasteiger partial charge in [-0.25, -0.2) is 4.79 Å². The summed E-state index contributed by atoms with van der Waals surface area (Å²) < 4.78 is 12.0. The van der Waals surface area contributed by atoms with Crippen molar-refractivity contribution < 1.29 is 14.3 Å². The van der Waals surface area contributed by atoms with Crippen molar-refractivity contribution in [2.45, 2.75) is 27.7 Å². The van der Waals surface area contributed by atoms with E-state index in [-0.39, 0.29) is 6.61 Å². The predicted octanol–water partition coefficient (Wildman–Crippen LogP) is 4.67. The zero-order chi connectivity index (χ0) is 16.3. The number of hydrogen-bond acceptors (Lipinski definition) is 3. The molecule has 0 unspecified atom stereocenters. The monoisotopic (exact) mass is 362 g/mol. The lowest BCUT2D eigenvalue weighted by molar-refractivity contribution is -0.136. The van der Waals surface area contributed by atoms with Crippen LogP contribution in [0.15, 0.2) is 34.8 Å². The number of benzene rings is 2. The Morgan fingerprint density at radius 2 is 1.64 bits per heavy atom. The van der Waals surface area contributed by atoms with Crippen LogP contribution >= 0.6 is 15.9 Å². The molecule has 4 heteroatoms. The number of hydrogen-bond donors (Lipinski definition) is 0. The minimum absolute atomic E-state index is 0.112. The van der Waals surface area contributed by atoms with Gasteiger partial charge in [-0.3, -0.25) is 0 Å².